The van der Waals surface area contributed by atoms with E-state index >= 15 is 0 Å². The summed E-state index contributed by atoms with van der Waals surface area (Å²) in [6, 6.07) is 5.33. The molecular formula is C14H19Cl2NO3. The number of aliphatic hydroxyl groups excluding tert-OH is 1. The van der Waals surface area contributed by atoms with E-state index in [0.29, 0.717) is 41.6 Å². The molecule has 1 fully saturated rings. The second kappa shape index (κ2) is 7.48. The summed E-state index contributed by atoms with van der Waals surface area (Å²) in [4.78, 5) is 2.19. The molecule has 0 aromatic heterocycles. The van der Waals surface area contributed by atoms with Crippen molar-refractivity contribution >= 4 is 23.2 Å². The molecule has 2 unspecified atom stereocenters. The van der Waals surface area contributed by atoms with Gasteiger partial charge in [0.25, 0.3) is 0 Å². The Hall–Kier alpha value is -0.520. The molecule has 1 saturated heterocycles. The summed E-state index contributed by atoms with van der Waals surface area (Å²) in [6.07, 6.45) is -0.578. The molecule has 1 aliphatic rings. The van der Waals surface area contributed by atoms with E-state index in [2.05, 4.69) is 11.8 Å². The van der Waals surface area contributed by atoms with Crippen LogP contribution in [0, 0.1) is 0 Å². The summed E-state index contributed by atoms with van der Waals surface area (Å²) in [6.45, 7) is 5.06. The first kappa shape index (κ1) is 15.9. The molecule has 0 saturated carbocycles. The van der Waals surface area contributed by atoms with Gasteiger partial charge in [0.15, 0.2) is 0 Å². The van der Waals surface area contributed by atoms with Crippen LogP contribution in [0.25, 0.3) is 0 Å². The summed E-state index contributed by atoms with van der Waals surface area (Å²) in [7, 11) is 0. The van der Waals surface area contributed by atoms with E-state index in [9.17, 15) is 5.11 Å². The minimum Gasteiger partial charge on any atom is -0.489 e. The van der Waals surface area contributed by atoms with Crippen LogP contribution in [-0.2, 0) is 4.74 Å². The summed E-state index contributed by atoms with van der Waals surface area (Å²) in [5.41, 5.74) is 0. The first-order valence-corrected chi connectivity index (χ1v) is 7.39. The Morgan fingerprint density at radius 3 is 3.05 bits per heavy atom. The number of ether oxygens (including phenoxy) is 2. The predicted molar refractivity (Wildman–Crippen MR) is 79.8 cm³/mol. The second-order valence-corrected chi connectivity index (χ2v) is 5.80. The molecule has 1 N–H and O–H groups in total. The van der Waals surface area contributed by atoms with Gasteiger partial charge in [-0.3, -0.25) is 4.90 Å². The molecule has 1 heterocycles. The van der Waals surface area contributed by atoms with Gasteiger partial charge in [0.05, 0.1) is 18.2 Å². The third-order valence-electron chi connectivity index (χ3n) is 3.27. The Kier molecular flexibility index (Phi) is 5.93. The van der Waals surface area contributed by atoms with Gasteiger partial charge >= 0.3 is 0 Å². The minimum atomic E-state index is -0.578. The summed E-state index contributed by atoms with van der Waals surface area (Å²) >= 11 is 11.9. The first-order valence-electron chi connectivity index (χ1n) is 6.64. The van der Waals surface area contributed by atoms with Crippen molar-refractivity contribution in [3.63, 3.8) is 0 Å². The van der Waals surface area contributed by atoms with Crippen molar-refractivity contribution in [2.45, 2.75) is 19.1 Å². The molecule has 0 bridgehead atoms. The minimum absolute atomic E-state index is 0.185. The van der Waals surface area contributed by atoms with Crippen LogP contribution in [0.15, 0.2) is 18.2 Å². The molecular weight excluding hydrogens is 301 g/mol. The fraction of sp³-hybridized carbons (Fsp3) is 0.571. The Balaban J connectivity index is 1.82. The highest BCUT2D eigenvalue weighted by Crippen LogP contribution is 2.27. The topological polar surface area (TPSA) is 41.9 Å². The standard InChI is InChI=1S/C14H19Cl2NO3/c1-10-8-19-5-4-17(10)7-12(18)9-20-14-6-11(15)2-3-13(14)16/h2-3,6,10,12,18H,4-5,7-9H2,1H3. The van der Waals surface area contributed by atoms with E-state index in [4.69, 9.17) is 32.7 Å². The lowest BCUT2D eigenvalue weighted by Crippen LogP contribution is -2.47. The monoisotopic (exact) mass is 319 g/mol. The number of hydrogen-bond acceptors (Lipinski definition) is 4. The normalized spacial score (nSPS) is 21.7. The zero-order chi connectivity index (χ0) is 14.5. The SMILES string of the molecule is CC1COCCN1CC(O)COc1cc(Cl)ccc1Cl. The van der Waals surface area contributed by atoms with Crippen molar-refractivity contribution in [3.8, 4) is 5.75 Å². The maximum atomic E-state index is 10.1. The van der Waals surface area contributed by atoms with Crippen molar-refractivity contribution in [2.24, 2.45) is 0 Å². The van der Waals surface area contributed by atoms with Gasteiger partial charge in [-0.1, -0.05) is 23.2 Å². The van der Waals surface area contributed by atoms with Crippen molar-refractivity contribution < 1.29 is 14.6 Å². The van der Waals surface area contributed by atoms with E-state index in [0.717, 1.165) is 6.54 Å². The Labute approximate surface area is 129 Å². The van der Waals surface area contributed by atoms with E-state index in [1.807, 2.05) is 0 Å². The Bertz CT molecular complexity index is 444. The molecule has 0 radical (unpaired) electrons. The predicted octanol–water partition coefficient (Wildman–Crippen LogP) is 2.45. The average molecular weight is 320 g/mol. The van der Waals surface area contributed by atoms with Crippen LogP contribution < -0.4 is 4.74 Å². The fourth-order valence-electron chi connectivity index (χ4n) is 2.13. The highest BCUT2D eigenvalue weighted by molar-refractivity contribution is 6.34. The molecule has 6 heteroatoms. The van der Waals surface area contributed by atoms with Gasteiger partial charge < -0.3 is 14.6 Å². The van der Waals surface area contributed by atoms with Crippen molar-refractivity contribution in [1.82, 2.24) is 4.90 Å². The lowest BCUT2D eigenvalue weighted by atomic mass is 10.2. The van der Waals surface area contributed by atoms with E-state index in [1.54, 1.807) is 18.2 Å². The number of hydrogen-bond donors (Lipinski definition) is 1. The lowest BCUT2D eigenvalue weighted by Gasteiger charge is -2.34. The second-order valence-electron chi connectivity index (χ2n) is 4.96. The maximum absolute atomic E-state index is 10.1. The van der Waals surface area contributed by atoms with Gasteiger partial charge in [0.1, 0.15) is 18.5 Å². The fourth-order valence-corrected chi connectivity index (χ4v) is 2.46. The smallest absolute Gasteiger partial charge is 0.139 e. The Morgan fingerprint density at radius 2 is 2.30 bits per heavy atom. The van der Waals surface area contributed by atoms with Crippen LogP contribution in [0.5, 0.6) is 5.75 Å². The quantitative estimate of drug-likeness (QED) is 0.905. The number of rotatable bonds is 5. The van der Waals surface area contributed by atoms with Crippen LogP contribution in [0.3, 0.4) is 0 Å². The summed E-state index contributed by atoms with van der Waals surface area (Å²) in [5.74, 6) is 0.494. The highest BCUT2D eigenvalue weighted by Gasteiger charge is 2.21. The molecule has 0 amide bonds. The number of β-amino-alcohol motifs (C(OH)–C–C–N with tert-alkyl or cyclic N) is 1. The zero-order valence-electron chi connectivity index (χ0n) is 11.4. The van der Waals surface area contributed by atoms with Gasteiger partial charge in [0, 0.05) is 30.2 Å². The number of nitrogens with zero attached hydrogens (tertiary/aromatic N) is 1. The number of morpholine rings is 1. The molecule has 2 atom stereocenters. The number of halogens is 2. The summed E-state index contributed by atoms with van der Waals surface area (Å²) < 4.78 is 10.9. The van der Waals surface area contributed by atoms with Crippen LogP contribution in [-0.4, -0.2) is 55.1 Å². The number of aliphatic hydroxyl groups is 1. The lowest BCUT2D eigenvalue weighted by molar-refractivity contribution is -0.0265. The molecule has 20 heavy (non-hydrogen) atoms. The van der Waals surface area contributed by atoms with Crippen molar-refractivity contribution in [2.75, 3.05) is 32.9 Å². The average Bonchev–Trinajstić information content (AvgIpc) is 2.42. The van der Waals surface area contributed by atoms with Crippen LogP contribution in [0.2, 0.25) is 10.0 Å². The highest BCUT2D eigenvalue weighted by atomic mass is 35.5. The summed E-state index contributed by atoms with van der Waals surface area (Å²) in [5, 5.41) is 11.1. The van der Waals surface area contributed by atoms with Gasteiger partial charge in [-0.05, 0) is 19.1 Å². The molecule has 0 spiro atoms. The van der Waals surface area contributed by atoms with E-state index in [1.165, 1.54) is 0 Å². The molecule has 1 aromatic carbocycles. The van der Waals surface area contributed by atoms with Gasteiger partial charge in [-0.2, -0.15) is 0 Å². The number of benzene rings is 1. The maximum Gasteiger partial charge on any atom is 0.139 e. The molecule has 1 aliphatic heterocycles. The molecule has 112 valence electrons. The van der Waals surface area contributed by atoms with E-state index < -0.39 is 6.10 Å². The third-order valence-corrected chi connectivity index (χ3v) is 3.82. The van der Waals surface area contributed by atoms with Gasteiger partial charge in [-0.25, -0.2) is 0 Å². The van der Waals surface area contributed by atoms with Gasteiger partial charge in [-0.15, -0.1) is 0 Å². The zero-order valence-corrected chi connectivity index (χ0v) is 12.9. The largest absolute Gasteiger partial charge is 0.489 e. The molecule has 2 rings (SSSR count). The van der Waals surface area contributed by atoms with Gasteiger partial charge in [0.2, 0.25) is 0 Å². The van der Waals surface area contributed by atoms with E-state index in [-0.39, 0.29) is 6.61 Å². The first-order chi connectivity index (χ1) is 9.56. The molecule has 4 nitrogen and oxygen atoms in total. The van der Waals surface area contributed by atoms with Crippen LogP contribution >= 0.6 is 23.2 Å². The van der Waals surface area contributed by atoms with Crippen LogP contribution in [0.1, 0.15) is 6.92 Å². The van der Waals surface area contributed by atoms with Crippen LogP contribution in [0.4, 0.5) is 0 Å². The van der Waals surface area contributed by atoms with Crippen molar-refractivity contribution in [1.29, 1.82) is 0 Å². The molecule has 1 aromatic rings. The third kappa shape index (κ3) is 4.50. The van der Waals surface area contributed by atoms with Crippen molar-refractivity contribution in [3.05, 3.63) is 28.2 Å². The Morgan fingerprint density at radius 1 is 1.50 bits per heavy atom. The molecule has 0 aliphatic carbocycles.